The Bertz CT molecular complexity index is 423. The Labute approximate surface area is 123 Å². The van der Waals surface area contributed by atoms with Crippen LogP contribution in [-0.4, -0.2) is 30.6 Å². The number of nitrogens with zero attached hydrogens (tertiary/aromatic N) is 1. The van der Waals surface area contributed by atoms with Crippen molar-refractivity contribution in [3.05, 3.63) is 29.8 Å². The first-order valence-electron chi connectivity index (χ1n) is 8.38. The summed E-state index contributed by atoms with van der Waals surface area (Å²) in [5, 5.41) is 3.61. The number of nitrogens with one attached hydrogen (secondary N) is 1. The van der Waals surface area contributed by atoms with E-state index in [0.717, 1.165) is 18.5 Å². The number of hydrogen-bond acceptors (Lipinski definition) is 2. The van der Waals surface area contributed by atoms with Gasteiger partial charge in [-0.1, -0.05) is 31.0 Å². The van der Waals surface area contributed by atoms with E-state index in [1.54, 1.807) is 0 Å². The van der Waals surface area contributed by atoms with E-state index in [-0.39, 0.29) is 0 Å². The molecule has 2 fully saturated rings. The second-order valence-corrected chi connectivity index (χ2v) is 6.53. The molecule has 1 aliphatic carbocycles. The molecule has 2 nitrogen and oxygen atoms in total. The molecule has 1 N–H and O–H groups in total. The molecule has 2 aliphatic rings. The van der Waals surface area contributed by atoms with Crippen LogP contribution >= 0.6 is 0 Å². The second-order valence-electron chi connectivity index (χ2n) is 6.53. The molecule has 1 saturated heterocycles. The zero-order valence-electron chi connectivity index (χ0n) is 12.8. The van der Waals surface area contributed by atoms with Crippen molar-refractivity contribution in [2.24, 2.45) is 5.92 Å². The average molecular weight is 272 g/mol. The molecular formula is C18H28N2. The van der Waals surface area contributed by atoms with Gasteiger partial charge in [0.15, 0.2) is 0 Å². The monoisotopic (exact) mass is 272 g/mol. The topological polar surface area (TPSA) is 15.3 Å². The highest BCUT2D eigenvalue weighted by molar-refractivity contribution is 5.50. The van der Waals surface area contributed by atoms with E-state index in [9.17, 15) is 0 Å². The Morgan fingerprint density at radius 3 is 2.70 bits per heavy atom. The lowest BCUT2D eigenvalue weighted by atomic mass is 9.96. The number of benzene rings is 1. The molecule has 1 aliphatic heterocycles. The van der Waals surface area contributed by atoms with Crippen molar-refractivity contribution in [3.8, 4) is 0 Å². The average Bonchev–Trinajstić information content (AvgIpc) is 3.11. The van der Waals surface area contributed by atoms with Gasteiger partial charge in [-0.3, -0.25) is 4.90 Å². The Morgan fingerprint density at radius 1 is 1.10 bits per heavy atom. The van der Waals surface area contributed by atoms with Crippen molar-refractivity contribution >= 4 is 5.69 Å². The van der Waals surface area contributed by atoms with Crippen molar-refractivity contribution in [2.75, 3.05) is 25.0 Å². The minimum atomic E-state index is 0.885. The molecule has 0 aromatic heterocycles. The van der Waals surface area contributed by atoms with E-state index in [0.29, 0.717) is 0 Å². The third-order valence-corrected chi connectivity index (χ3v) is 5.22. The van der Waals surface area contributed by atoms with Crippen molar-refractivity contribution < 1.29 is 0 Å². The quantitative estimate of drug-likeness (QED) is 0.869. The molecule has 1 saturated carbocycles. The summed E-state index contributed by atoms with van der Waals surface area (Å²) in [5.41, 5.74) is 2.64. The molecule has 1 unspecified atom stereocenters. The van der Waals surface area contributed by atoms with Crippen molar-refractivity contribution in [1.82, 2.24) is 4.90 Å². The van der Waals surface area contributed by atoms with Crippen LogP contribution in [0.1, 0.15) is 44.1 Å². The molecule has 3 rings (SSSR count). The van der Waals surface area contributed by atoms with Crippen LogP contribution < -0.4 is 5.32 Å². The molecule has 1 atom stereocenters. The van der Waals surface area contributed by atoms with Gasteiger partial charge in [0.1, 0.15) is 0 Å². The van der Waals surface area contributed by atoms with E-state index >= 15 is 0 Å². The summed E-state index contributed by atoms with van der Waals surface area (Å²) in [7, 11) is 0. The normalized spacial score (nSPS) is 24.4. The highest BCUT2D eigenvalue weighted by Crippen LogP contribution is 2.35. The van der Waals surface area contributed by atoms with Crippen molar-refractivity contribution in [3.63, 3.8) is 0 Å². The fraction of sp³-hybridized carbons (Fsp3) is 0.667. The van der Waals surface area contributed by atoms with Gasteiger partial charge in [0.2, 0.25) is 0 Å². The molecule has 20 heavy (non-hydrogen) atoms. The maximum atomic E-state index is 3.61. The highest BCUT2D eigenvalue weighted by atomic mass is 15.2. The first-order chi connectivity index (χ1) is 9.84. The molecule has 0 radical (unpaired) electrons. The van der Waals surface area contributed by atoms with Crippen LogP contribution in [0.4, 0.5) is 5.69 Å². The van der Waals surface area contributed by atoms with Crippen LogP contribution in [0.5, 0.6) is 0 Å². The smallest absolute Gasteiger partial charge is 0.0370 e. The van der Waals surface area contributed by atoms with E-state index in [2.05, 4.69) is 41.4 Å². The lowest BCUT2D eigenvalue weighted by Crippen LogP contribution is -2.37. The van der Waals surface area contributed by atoms with Gasteiger partial charge in [0.05, 0.1) is 0 Å². The summed E-state index contributed by atoms with van der Waals surface area (Å²) in [6.07, 6.45) is 8.74. The van der Waals surface area contributed by atoms with Crippen molar-refractivity contribution in [2.45, 2.75) is 51.5 Å². The number of likely N-dealkylation sites (tertiary alicyclic amines) is 1. The predicted octanol–water partition coefficient (Wildman–Crippen LogP) is 4.06. The standard InChI is InChI=1S/C18H28N2/c1-15-7-2-5-10-17(15)19-12-14-20-13-6-11-18(20)16-8-3-4-9-16/h2,5,7,10,16,18-19H,3-4,6,8-9,11-14H2,1H3. The fourth-order valence-electron chi connectivity index (χ4n) is 4.11. The summed E-state index contributed by atoms with van der Waals surface area (Å²) < 4.78 is 0. The molecule has 1 heterocycles. The minimum absolute atomic E-state index is 0.885. The lowest BCUT2D eigenvalue weighted by molar-refractivity contribution is 0.197. The van der Waals surface area contributed by atoms with Crippen LogP contribution in [0.3, 0.4) is 0 Å². The fourth-order valence-corrected chi connectivity index (χ4v) is 4.11. The Hall–Kier alpha value is -1.02. The predicted molar refractivity (Wildman–Crippen MR) is 86.2 cm³/mol. The number of hydrogen-bond donors (Lipinski definition) is 1. The van der Waals surface area contributed by atoms with Crippen LogP contribution in [0.2, 0.25) is 0 Å². The van der Waals surface area contributed by atoms with E-state index in [1.165, 1.54) is 62.9 Å². The lowest BCUT2D eigenvalue weighted by Gasteiger charge is -2.29. The van der Waals surface area contributed by atoms with Gasteiger partial charge in [-0.2, -0.15) is 0 Å². The molecule has 1 aromatic rings. The first-order valence-corrected chi connectivity index (χ1v) is 8.38. The minimum Gasteiger partial charge on any atom is -0.384 e. The van der Waals surface area contributed by atoms with E-state index in [4.69, 9.17) is 0 Å². The number of rotatable bonds is 5. The number of para-hydroxylation sites is 1. The third kappa shape index (κ3) is 3.17. The Balaban J connectivity index is 1.49. The van der Waals surface area contributed by atoms with Gasteiger partial charge in [-0.05, 0) is 56.7 Å². The maximum Gasteiger partial charge on any atom is 0.0370 e. The van der Waals surface area contributed by atoms with Gasteiger partial charge < -0.3 is 5.32 Å². The van der Waals surface area contributed by atoms with Crippen LogP contribution in [0.15, 0.2) is 24.3 Å². The molecular weight excluding hydrogens is 244 g/mol. The van der Waals surface area contributed by atoms with E-state index in [1.807, 2.05) is 0 Å². The maximum absolute atomic E-state index is 3.61. The van der Waals surface area contributed by atoms with Gasteiger partial charge in [-0.25, -0.2) is 0 Å². The summed E-state index contributed by atoms with van der Waals surface area (Å²) >= 11 is 0. The number of anilines is 1. The Kier molecular flexibility index (Phi) is 4.62. The first kappa shape index (κ1) is 13.9. The Morgan fingerprint density at radius 2 is 1.90 bits per heavy atom. The summed E-state index contributed by atoms with van der Waals surface area (Å²) in [6, 6.07) is 9.48. The summed E-state index contributed by atoms with van der Waals surface area (Å²) in [4.78, 5) is 2.75. The molecule has 1 aromatic carbocycles. The zero-order valence-corrected chi connectivity index (χ0v) is 12.8. The number of aryl methyl sites for hydroxylation is 1. The largest absolute Gasteiger partial charge is 0.384 e. The van der Waals surface area contributed by atoms with Crippen LogP contribution in [0.25, 0.3) is 0 Å². The van der Waals surface area contributed by atoms with Gasteiger partial charge in [-0.15, -0.1) is 0 Å². The molecule has 0 bridgehead atoms. The molecule has 110 valence electrons. The zero-order chi connectivity index (χ0) is 13.8. The van der Waals surface area contributed by atoms with Crippen molar-refractivity contribution in [1.29, 1.82) is 0 Å². The van der Waals surface area contributed by atoms with Gasteiger partial charge in [0.25, 0.3) is 0 Å². The molecule has 0 spiro atoms. The molecule has 0 amide bonds. The van der Waals surface area contributed by atoms with Crippen LogP contribution in [-0.2, 0) is 0 Å². The third-order valence-electron chi connectivity index (χ3n) is 5.22. The van der Waals surface area contributed by atoms with Gasteiger partial charge >= 0.3 is 0 Å². The summed E-state index contributed by atoms with van der Waals surface area (Å²) in [5.74, 6) is 0.996. The highest BCUT2D eigenvalue weighted by Gasteiger charge is 2.32. The molecule has 2 heteroatoms. The summed E-state index contributed by atoms with van der Waals surface area (Å²) in [6.45, 7) is 5.78. The SMILES string of the molecule is Cc1ccccc1NCCN1CCCC1C1CCCC1. The second kappa shape index (κ2) is 6.62. The van der Waals surface area contributed by atoms with Gasteiger partial charge in [0, 0.05) is 24.8 Å². The van der Waals surface area contributed by atoms with E-state index < -0.39 is 0 Å². The van der Waals surface area contributed by atoms with Crippen LogP contribution in [0, 0.1) is 12.8 Å².